The van der Waals surface area contributed by atoms with Gasteiger partial charge < -0.3 is 19.8 Å². The molecular formula is C16H12BrN3O5. The van der Waals surface area contributed by atoms with Gasteiger partial charge in [-0.2, -0.15) is 5.26 Å². The molecule has 2 rings (SSSR count). The Bertz CT molecular complexity index is 823. The Morgan fingerprint density at radius 3 is 2.48 bits per heavy atom. The summed E-state index contributed by atoms with van der Waals surface area (Å²) in [5.74, 6) is -1.85. The Morgan fingerprint density at radius 2 is 1.88 bits per heavy atom. The van der Waals surface area contributed by atoms with Gasteiger partial charge in [0.05, 0.1) is 11.6 Å². The van der Waals surface area contributed by atoms with E-state index in [0.29, 0.717) is 15.9 Å². The van der Waals surface area contributed by atoms with E-state index in [1.54, 1.807) is 30.3 Å². The molecule has 0 aliphatic carbocycles. The van der Waals surface area contributed by atoms with Crippen molar-refractivity contribution in [3.8, 4) is 6.07 Å². The highest BCUT2D eigenvalue weighted by Gasteiger charge is 2.13. The van der Waals surface area contributed by atoms with Crippen LogP contribution in [0.3, 0.4) is 0 Å². The molecule has 0 atom stereocenters. The molecule has 0 saturated heterocycles. The zero-order valence-electron chi connectivity index (χ0n) is 12.7. The van der Waals surface area contributed by atoms with Gasteiger partial charge in [-0.1, -0.05) is 0 Å². The summed E-state index contributed by atoms with van der Waals surface area (Å²) in [6.07, 6.45) is 0. The Labute approximate surface area is 150 Å². The lowest BCUT2D eigenvalue weighted by atomic mass is 10.2. The van der Waals surface area contributed by atoms with Gasteiger partial charge in [0.15, 0.2) is 17.0 Å². The topological polar surface area (TPSA) is 121 Å². The summed E-state index contributed by atoms with van der Waals surface area (Å²) in [7, 11) is 0. The third-order valence-electron chi connectivity index (χ3n) is 2.85. The number of furan rings is 1. The van der Waals surface area contributed by atoms with Crippen molar-refractivity contribution in [1.82, 2.24) is 5.32 Å². The number of nitrogens with one attached hydrogen (secondary N) is 2. The minimum atomic E-state index is -0.769. The fourth-order valence-corrected chi connectivity index (χ4v) is 2.00. The fraction of sp³-hybridized carbons (Fsp3) is 0.125. The summed E-state index contributed by atoms with van der Waals surface area (Å²) >= 11 is 3.06. The largest absolute Gasteiger partial charge is 0.454 e. The molecule has 9 heteroatoms. The summed E-state index contributed by atoms with van der Waals surface area (Å²) in [5, 5.41) is 13.5. The van der Waals surface area contributed by atoms with E-state index in [1.165, 1.54) is 6.07 Å². The SMILES string of the molecule is N#Cc1ccc(NC(=O)COC(=O)CNC(=O)c2ccc(Br)o2)cc1. The highest BCUT2D eigenvalue weighted by Crippen LogP contribution is 2.13. The van der Waals surface area contributed by atoms with E-state index >= 15 is 0 Å². The maximum Gasteiger partial charge on any atom is 0.325 e. The van der Waals surface area contributed by atoms with Gasteiger partial charge in [0.2, 0.25) is 0 Å². The summed E-state index contributed by atoms with van der Waals surface area (Å²) < 4.78 is 10.2. The molecule has 0 unspecified atom stereocenters. The van der Waals surface area contributed by atoms with Crippen LogP contribution in [-0.4, -0.2) is 30.9 Å². The molecule has 0 radical (unpaired) electrons. The van der Waals surface area contributed by atoms with Crippen molar-refractivity contribution in [3.63, 3.8) is 0 Å². The van der Waals surface area contributed by atoms with E-state index in [2.05, 4.69) is 26.6 Å². The monoisotopic (exact) mass is 405 g/mol. The van der Waals surface area contributed by atoms with E-state index in [0.717, 1.165) is 0 Å². The van der Waals surface area contributed by atoms with Crippen LogP contribution in [0.15, 0.2) is 45.5 Å². The van der Waals surface area contributed by atoms with E-state index in [1.807, 2.05) is 6.07 Å². The van der Waals surface area contributed by atoms with Crippen molar-refractivity contribution in [2.75, 3.05) is 18.5 Å². The molecule has 1 heterocycles. The maximum atomic E-state index is 11.7. The average Bonchev–Trinajstić information content (AvgIpc) is 3.05. The lowest BCUT2D eigenvalue weighted by molar-refractivity contribution is -0.146. The van der Waals surface area contributed by atoms with Crippen LogP contribution < -0.4 is 10.6 Å². The first-order valence-corrected chi connectivity index (χ1v) is 7.76. The molecule has 8 nitrogen and oxygen atoms in total. The molecule has 0 aliphatic heterocycles. The zero-order chi connectivity index (χ0) is 18.2. The van der Waals surface area contributed by atoms with Crippen LogP contribution in [0, 0.1) is 11.3 Å². The Kier molecular flexibility index (Phi) is 6.31. The number of carbonyl (C=O) groups excluding carboxylic acids is 3. The van der Waals surface area contributed by atoms with E-state index < -0.39 is 30.9 Å². The first-order valence-electron chi connectivity index (χ1n) is 6.97. The maximum absolute atomic E-state index is 11.7. The van der Waals surface area contributed by atoms with Gasteiger partial charge in [-0.3, -0.25) is 14.4 Å². The van der Waals surface area contributed by atoms with Crippen molar-refractivity contribution in [3.05, 3.63) is 52.4 Å². The van der Waals surface area contributed by atoms with Gasteiger partial charge in [-0.05, 0) is 52.3 Å². The van der Waals surface area contributed by atoms with Crippen molar-refractivity contribution < 1.29 is 23.5 Å². The second-order valence-electron chi connectivity index (χ2n) is 4.68. The van der Waals surface area contributed by atoms with Crippen LogP contribution in [0.25, 0.3) is 0 Å². The van der Waals surface area contributed by atoms with Gasteiger partial charge in [-0.25, -0.2) is 0 Å². The highest BCUT2D eigenvalue weighted by molar-refractivity contribution is 9.10. The summed E-state index contributed by atoms with van der Waals surface area (Å²) in [5.41, 5.74) is 0.931. The standard InChI is InChI=1S/C16H12BrN3O5/c17-13-6-5-12(25-13)16(23)19-8-15(22)24-9-14(21)20-11-3-1-10(7-18)2-4-11/h1-6H,8-9H2,(H,19,23)(H,20,21). The van der Waals surface area contributed by atoms with Crippen molar-refractivity contribution >= 4 is 39.4 Å². The quantitative estimate of drug-likeness (QED) is 0.706. The van der Waals surface area contributed by atoms with Crippen molar-refractivity contribution in [2.45, 2.75) is 0 Å². The molecule has 1 aromatic carbocycles. The number of nitriles is 1. The lowest BCUT2D eigenvalue weighted by Gasteiger charge is -2.07. The van der Waals surface area contributed by atoms with Gasteiger partial charge >= 0.3 is 5.97 Å². The number of esters is 1. The number of hydrogen-bond acceptors (Lipinski definition) is 6. The molecule has 128 valence electrons. The Balaban J connectivity index is 1.71. The van der Waals surface area contributed by atoms with Crippen molar-refractivity contribution in [2.24, 2.45) is 0 Å². The van der Waals surface area contributed by atoms with E-state index in [4.69, 9.17) is 14.4 Å². The second-order valence-corrected chi connectivity index (χ2v) is 5.47. The van der Waals surface area contributed by atoms with E-state index in [9.17, 15) is 14.4 Å². The molecule has 25 heavy (non-hydrogen) atoms. The highest BCUT2D eigenvalue weighted by atomic mass is 79.9. The third-order valence-corrected chi connectivity index (χ3v) is 3.28. The van der Waals surface area contributed by atoms with Crippen LogP contribution in [0.4, 0.5) is 5.69 Å². The number of amides is 2. The molecule has 0 aliphatic rings. The number of rotatable bonds is 6. The first-order chi connectivity index (χ1) is 12.0. The van der Waals surface area contributed by atoms with Gasteiger partial charge in [-0.15, -0.1) is 0 Å². The summed E-state index contributed by atoms with van der Waals surface area (Å²) in [6.45, 7) is -0.900. The normalized spacial score (nSPS) is 9.76. The van der Waals surface area contributed by atoms with Gasteiger partial charge in [0, 0.05) is 5.69 Å². The van der Waals surface area contributed by atoms with Crippen LogP contribution in [0.5, 0.6) is 0 Å². The zero-order valence-corrected chi connectivity index (χ0v) is 14.3. The second kappa shape index (κ2) is 8.65. The average molecular weight is 406 g/mol. The number of ether oxygens (including phenoxy) is 1. The molecule has 0 bridgehead atoms. The number of halogens is 1. The Morgan fingerprint density at radius 1 is 1.16 bits per heavy atom. The molecular weight excluding hydrogens is 394 g/mol. The minimum Gasteiger partial charge on any atom is -0.454 e. The predicted molar refractivity (Wildman–Crippen MR) is 89.5 cm³/mol. The lowest BCUT2D eigenvalue weighted by Crippen LogP contribution is -2.32. The Hall–Kier alpha value is -3.12. The fourth-order valence-electron chi connectivity index (χ4n) is 1.70. The molecule has 2 aromatic rings. The first kappa shape index (κ1) is 18.2. The number of hydrogen-bond donors (Lipinski definition) is 2. The molecule has 2 amide bonds. The number of nitrogens with zero attached hydrogens (tertiary/aromatic N) is 1. The number of anilines is 1. The van der Waals surface area contributed by atoms with E-state index in [-0.39, 0.29) is 5.76 Å². The van der Waals surface area contributed by atoms with Crippen LogP contribution in [0.2, 0.25) is 0 Å². The molecule has 2 N–H and O–H groups in total. The molecule has 1 aromatic heterocycles. The van der Waals surface area contributed by atoms with Crippen molar-refractivity contribution in [1.29, 1.82) is 5.26 Å². The summed E-state index contributed by atoms with van der Waals surface area (Å²) in [6, 6.07) is 11.1. The predicted octanol–water partition coefficient (Wildman–Crippen LogP) is 1.83. The smallest absolute Gasteiger partial charge is 0.325 e. The third kappa shape index (κ3) is 5.78. The minimum absolute atomic E-state index is 0.0400. The van der Waals surface area contributed by atoms with Gasteiger partial charge in [0.25, 0.3) is 11.8 Å². The number of benzene rings is 1. The van der Waals surface area contributed by atoms with Crippen LogP contribution in [0.1, 0.15) is 16.1 Å². The summed E-state index contributed by atoms with van der Waals surface area (Å²) in [4.78, 5) is 34.9. The number of carbonyl (C=O) groups is 3. The molecule has 0 saturated carbocycles. The van der Waals surface area contributed by atoms with Crippen LogP contribution in [-0.2, 0) is 14.3 Å². The molecule has 0 spiro atoms. The molecule has 0 fully saturated rings. The van der Waals surface area contributed by atoms with Crippen LogP contribution >= 0.6 is 15.9 Å². The van der Waals surface area contributed by atoms with Gasteiger partial charge in [0.1, 0.15) is 6.54 Å².